The second-order valence-electron chi connectivity index (χ2n) is 1.66. The van der Waals surface area contributed by atoms with Crippen LogP contribution >= 0.6 is 0 Å². The molecule has 49 valence electrons. The van der Waals surface area contributed by atoms with Gasteiger partial charge in [-0.05, 0) is 18.4 Å². The second kappa shape index (κ2) is 2.55. The third-order valence-electron chi connectivity index (χ3n) is 1.05. The van der Waals surface area contributed by atoms with E-state index in [4.69, 9.17) is 10.5 Å². The maximum atomic E-state index is 5.47. The van der Waals surface area contributed by atoms with Crippen molar-refractivity contribution in [3.05, 3.63) is 30.3 Å². The normalized spacial score (nSPS) is 19.0. The van der Waals surface area contributed by atoms with E-state index in [1.54, 1.807) is 19.4 Å². The lowest BCUT2D eigenvalue weighted by atomic mass is 10.3. The molecule has 0 aromatic rings. The molecule has 0 amide bonds. The highest BCUT2D eigenvalue weighted by Gasteiger charge is 2.10. The Bertz CT molecular complexity index is 151. The average molecular weight is 125 g/mol. The lowest BCUT2D eigenvalue weighted by Gasteiger charge is -2.15. The molecule has 0 aliphatic carbocycles. The summed E-state index contributed by atoms with van der Waals surface area (Å²) < 4.78 is 4.86. The molecule has 3 N–H and O–H groups in total. The van der Waals surface area contributed by atoms with Crippen LogP contribution in [0.2, 0.25) is 0 Å². The van der Waals surface area contributed by atoms with E-state index in [0.717, 1.165) is 0 Å². The maximum Gasteiger partial charge on any atom is 0.233 e. The van der Waals surface area contributed by atoms with Crippen molar-refractivity contribution in [2.24, 2.45) is 5.73 Å². The van der Waals surface area contributed by atoms with Crippen molar-refractivity contribution >= 4 is 0 Å². The van der Waals surface area contributed by atoms with Crippen LogP contribution in [0.25, 0.3) is 0 Å². The van der Waals surface area contributed by atoms with Gasteiger partial charge in [-0.1, -0.05) is 0 Å². The molecule has 0 fully saturated rings. The summed E-state index contributed by atoms with van der Waals surface area (Å²) in [5, 5.41) is 2.84. The van der Waals surface area contributed by atoms with Gasteiger partial charge < -0.3 is 15.8 Å². The van der Waals surface area contributed by atoms with Crippen LogP contribution in [0, 0.1) is 6.23 Å². The van der Waals surface area contributed by atoms with Gasteiger partial charge in [-0.3, -0.25) is 0 Å². The van der Waals surface area contributed by atoms with Crippen molar-refractivity contribution in [2.45, 2.75) is 0 Å². The summed E-state index contributed by atoms with van der Waals surface area (Å²) in [4.78, 5) is 0. The summed E-state index contributed by atoms with van der Waals surface area (Å²) in [5.74, 6) is 0. The van der Waals surface area contributed by atoms with Gasteiger partial charge in [0.1, 0.15) is 0 Å². The van der Waals surface area contributed by atoms with Crippen LogP contribution in [-0.2, 0) is 4.74 Å². The minimum absolute atomic E-state index is 0.609. The highest BCUT2D eigenvalue weighted by Crippen LogP contribution is 2.07. The Morgan fingerprint density at radius 3 is 2.89 bits per heavy atom. The summed E-state index contributed by atoms with van der Waals surface area (Å²) >= 11 is 0. The zero-order chi connectivity index (χ0) is 6.69. The number of nitrogens with two attached hydrogens (primary N) is 1. The molecule has 0 saturated heterocycles. The fourth-order valence-electron chi connectivity index (χ4n) is 0.611. The number of nitrogens with one attached hydrogen (secondary N) is 1. The molecular weight excluding hydrogens is 116 g/mol. The van der Waals surface area contributed by atoms with E-state index >= 15 is 0 Å². The number of rotatable bonds is 1. The van der Waals surface area contributed by atoms with Crippen LogP contribution in [0.3, 0.4) is 0 Å². The van der Waals surface area contributed by atoms with Crippen LogP contribution in [0.15, 0.2) is 24.0 Å². The van der Waals surface area contributed by atoms with E-state index in [2.05, 4.69) is 5.32 Å². The minimum atomic E-state index is 0.609. The van der Waals surface area contributed by atoms with Crippen LogP contribution in [0.4, 0.5) is 0 Å². The van der Waals surface area contributed by atoms with E-state index in [1.807, 2.05) is 6.08 Å². The Balaban J connectivity index is 2.59. The minimum Gasteiger partial charge on any atom is -0.398 e. The molecule has 1 aliphatic heterocycles. The largest absolute Gasteiger partial charge is 0.398 e. The Kier molecular flexibility index (Phi) is 1.75. The van der Waals surface area contributed by atoms with Gasteiger partial charge in [0.25, 0.3) is 0 Å². The lowest BCUT2D eigenvalue weighted by Crippen LogP contribution is -2.25. The Morgan fingerprint density at radius 2 is 2.44 bits per heavy atom. The molecule has 3 nitrogen and oxygen atoms in total. The van der Waals surface area contributed by atoms with Crippen molar-refractivity contribution < 1.29 is 4.74 Å². The van der Waals surface area contributed by atoms with Crippen molar-refractivity contribution in [1.29, 1.82) is 0 Å². The molecular formula is C6H9N2O. The van der Waals surface area contributed by atoms with E-state index in [-0.39, 0.29) is 0 Å². The van der Waals surface area contributed by atoms with Crippen molar-refractivity contribution in [3.8, 4) is 0 Å². The summed E-state index contributed by atoms with van der Waals surface area (Å²) in [7, 11) is 1.57. The molecule has 3 heteroatoms. The topological polar surface area (TPSA) is 47.3 Å². The highest BCUT2D eigenvalue weighted by molar-refractivity contribution is 5.25. The van der Waals surface area contributed by atoms with Gasteiger partial charge in [-0.25, -0.2) is 0 Å². The van der Waals surface area contributed by atoms with Crippen molar-refractivity contribution in [1.82, 2.24) is 5.32 Å². The fraction of sp³-hybridized carbons (Fsp3) is 0.167. The third kappa shape index (κ3) is 1.23. The molecule has 0 saturated carbocycles. The number of ether oxygens (including phenoxy) is 1. The molecule has 1 radical (unpaired) electrons. The van der Waals surface area contributed by atoms with Gasteiger partial charge in [0.05, 0.1) is 5.70 Å². The number of methoxy groups -OCH3 is 1. The Labute approximate surface area is 54.2 Å². The van der Waals surface area contributed by atoms with Gasteiger partial charge in [-0.15, -0.1) is 0 Å². The van der Waals surface area contributed by atoms with Gasteiger partial charge in [0.2, 0.25) is 6.23 Å². The zero-order valence-corrected chi connectivity index (χ0v) is 5.22. The molecule has 0 aromatic heterocycles. The fourth-order valence-corrected chi connectivity index (χ4v) is 0.611. The summed E-state index contributed by atoms with van der Waals surface area (Å²) in [6.45, 7) is 0. The van der Waals surface area contributed by atoms with Gasteiger partial charge >= 0.3 is 0 Å². The molecule has 0 unspecified atom stereocenters. The first-order valence-corrected chi connectivity index (χ1v) is 2.65. The smallest absolute Gasteiger partial charge is 0.233 e. The number of allylic oxidation sites excluding steroid dienone is 2. The predicted molar refractivity (Wildman–Crippen MR) is 34.8 cm³/mol. The quantitative estimate of drug-likeness (QED) is 0.521. The van der Waals surface area contributed by atoms with Crippen LogP contribution in [0.1, 0.15) is 0 Å². The second-order valence-corrected chi connectivity index (χ2v) is 1.66. The van der Waals surface area contributed by atoms with E-state index in [0.29, 0.717) is 11.9 Å². The number of hydrogen-bond donors (Lipinski definition) is 2. The predicted octanol–water partition coefficient (Wildman–Crippen LogP) is 0.0818. The third-order valence-corrected chi connectivity index (χ3v) is 1.05. The van der Waals surface area contributed by atoms with Crippen molar-refractivity contribution in [3.63, 3.8) is 0 Å². The first-order chi connectivity index (χ1) is 4.34. The first-order valence-electron chi connectivity index (χ1n) is 2.65. The molecule has 0 aromatic carbocycles. The number of dihydropyridines is 1. The SMILES string of the molecule is CO[C]1NC=CC=C1N. The van der Waals surface area contributed by atoms with Crippen molar-refractivity contribution in [2.75, 3.05) is 7.11 Å². The van der Waals surface area contributed by atoms with Crippen LogP contribution in [0.5, 0.6) is 0 Å². The van der Waals surface area contributed by atoms with Gasteiger partial charge in [0, 0.05) is 7.11 Å². The molecule has 1 aliphatic rings. The first kappa shape index (κ1) is 6.16. The van der Waals surface area contributed by atoms with Crippen LogP contribution < -0.4 is 11.1 Å². The Hall–Kier alpha value is -0.960. The standard InChI is InChI=1S/C6H9N2O/c1-9-6-5(7)3-2-4-8-6/h2-4,8H,7H2,1H3. The summed E-state index contributed by atoms with van der Waals surface area (Å²) in [5.41, 5.74) is 6.10. The average Bonchev–Trinajstić information content (AvgIpc) is 1.89. The monoisotopic (exact) mass is 125 g/mol. The van der Waals surface area contributed by atoms with Gasteiger partial charge in [-0.2, -0.15) is 0 Å². The lowest BCUT2D eigenvalue weighted by molar-refractivity contribution is 0.205. The molecule has 0 spiro atoms. The van der Waals surface area contributed by atoms with E-state index < -0.39 is 0 Å². The summed E-state index contributed by atoms with van der Waals surface area (Å²) in [6.07, 6.45) is 5.96. The maximum absolute atomic E-state index is 5.47. The van der Waals surface area contributed by atoms with Crippen LogP contribution in [-0.4, -0.2) is 7.11 Å². The highest BCUT2D eigenvalue weighted by atomic mass is 16.5. The molecule has 9 heavy (non-hydrogen) atoms. The van der Waals surface area contributed by atoms with Gasteiger partial charge in [0.15, 0.2) is 0 Å². The van der Waals surface area contributed by atoms with E-state index in [9.17, 15) is 0 Å². The zero-order valence-electron chi connectivity index (χ0n) is 5.22. The molecule has 0 bridgehead atoms. The molecule has 1 rings (SSSR count). The Morgan fingerprint density at radius 1 is 1.67 bits per heavy atom. The van der Waals surface area contributed by atoms with E-state index in [1.165, 1.54) is 0 Å². The molecule has 0 atom stereocenters. The molecule has 1 heterocycles. The summed E-state index contributed by atoms with van der Waals surface area (Å²) in [6, 6.07) is 0. The number of hydrogen-bond acceptors (Lipinski definition) is 3.